The Morgan fingerprint density at radius 1 is 1.37 bits per heavy atom. The van der Waals surface area contributed by atoms with Crippen LogP contribution in [-0.2, 0) is 4.79 Å². The van der Waals surface area contributed by atoms with E-state index in [4.69, 9.17) is 0 Å². The molecule has 2 aromatic heterocycles. The third-order valence-electron chi connectivity index (χ3n) is 3.26. The van der Waals surface area contributed by atoms with Crippen molar-refractivity contribution in [1.29, 1.82) is 0 Å². The van der Waals surface area contributed by atoms with Crippen molar-refractivity contribution >= 4 is 17.4 Å². The minimum Gasteiger partial charge on any atom is -0.357 e. The van der Waals surface area contributed by atoms with E-state index in [9.17, 15) is 4.79 Å². The summed E-state index contributed by atoms with van der Waals surface area (Å²) >= 11 is 0. The Bertz CT molecular complexity index is 589. The Kier molecular flexibility index (Phi) is 2.98. The number of fused-ring (bicyclic) bond motifs is 1. The molecule has 0 aliphatic carbocycles. The largest absolute Gasteiger partial charge is 0.357 e. The van der Waals surface area contributed by atoms with Gasteiger partial charge in [-0.2, -0.15) is 4.52 Å². The van der Waals surface area contributed by atoms with Crippen molar-refractivity contribution in [3.8, 4) is 0 Å². The molecule has 0 radical (unpaired) electrons. The highest BCUT2D eigenvalue weighted by molar-refractivity contribution is 5.84. The summed E-state index contributed by atoms with van der Waals surface area (Å²) in [7, 11) is 0. The molecular formula is C11H15N7O. The zero-order valence-corrected chi connectivity index (χ0v) is 10.7. The zero-order chi connectivity index (χ0) is 13.2. The molecule has 0 bridgehead atoms. The summed E-state index contributed by atoms with van der Waals surface area (Å²) in [6.45, 7) is 3.53. The molecule has 19 heavy (non-hydrogen) atoms. The van der Waals surface area contributed by atoms with Gasteiger partial charge in [-0.05, 0) is 30.2 Å². The van der Waals surface area contributed by atoms with E-state index in [1.54, 1.807) is 12.4 Å². The second-order valence-corrected chi connectivity index (χ2v) is 4.64. The molecule has 1 atom stereocenters. The van der Waals surface area contributed by atoms with Crippen molar-refractivity contribution in [3.05, 3.63) is 12.4 Å². The van der Waals surface area contributed by atoms with E-state index in [1.807, 2.05) is 11.8 Å². The molecule has 3 heterocycles. The van der Waals surface area contributed by atoms with Gasteiger partial charge in [0.25, 0.3) is 0 Å². The van der Waals surface area contributed by atoms with Gasteiger partial charge in [-0.3, -0.25) is 9.78 Å². The molecule has 2 aromatic rings. The molecule has 0 spiro atoms. The lowest BCUT2D eigenvalue weighted by molar-refractivity contribution is -0.130. The van der Waals surface area contributed by atoms with Crippen LogP contribution in [-0.4, -0.2) is 55.0 Å². The molecular weight excluding hydrogens is 246 g/mol. The lowest BCUT2D eigenvalue weighted by Gasteiger charge is -2.21. The minimum absolute atomic E-state index is 0.0996. The highest BCUT2D eigenvalue weighted by atomic mass is 16.2. The molecule has 1 N–H and O–H groups in total. The fourth-order valence-electron chi connectivity index (χ4n) is 2.27. The van der Waals surface area contributed by atoms with Crippen molar-refractivity contribution in [2.45, 2.75) is 25.8 Å². The van der Waals surface area contributed by atoms with Crippen molar-refractivity contribution in [1.82, 2.24) is 29.9 Å². The third-order valence-corrected chi connectivity index (χ3v) is 3.26. The first-order valence-corrected chi connectivity index (χ1v) is 6.33. The molecule has 8 heteroatoms. The molecule has 0 aromatic carbocycles. The molecule has 1 saturated heterocycles. The number of amides is 1. The van der Waals surface area contributed by atoms with Gasteiger partial charge in [-0.15, -0.1) is 5.10 Å². The Morgan fingerprint density at radius 2 is 2.16 bits per heavy atom. The average Bonchev–Trinajstić information content (AvgIpc) is 3.09. The van der Waals surface area contributed by atoms with E-state index in [0.29, 0.717) is 11.5 Å². The lowest BCUT2D eigenvalue weighted by Crippen LogP contribution is -2.40. The van der Waals surface area contributed by atoms with Crippen molar-refractivity contribution in [2.24, 2.45) is 0 Å². The van der Waals surface area contributed by atoms with E-state index in [2.05, 4.69) is 25.8 Å². The molecule has 1 aliphatic heterocycles. The zero-order valence-electron chi connectivity index (χ0n) is 10.7. The van der Waals surface area contributed by atoms with E-state index in [-0.39, 0.29) is 11.9 Å². The van der Waals surface area contributed by atoms with Gasteiger partial charge in [0.2, 0.25) is 5.91 Å². The summed E-state index contributed by atoms with van der Waals surface area (Å²) in [5.41, 5.74) is 0.547. The molecule has 8 nitrogen and oxygen atoms in total. The monoisotopic (exact) mass is 261 g/mol. The van der Waals surface area contributed by atoms with Crippen LogP contribution in [0.4, 0.5) is 5.82 Å². The van der Waals surface area contributed by atoms with Gasteiger partial charge in [0.05, 0.1) is 12.4 Å². The van der Waals surface area contributed by atoms with Crippen LogP contribution < -0.4 is 5.32 Å². The quantitative estimate of drug-likeness (QED) is 0.833. The number of aromatic nitrogens is 5. The van der Waals surface area contributed by atoms with E-state index >= 15 is 0 Å². The SMILES string of the molecule is CC(Nc1cncc2nnnn12)C(=O)N1CCCC1. The van der Waals surface area contributed by atoms with Gasteiger partial charge < -0.3 is 10.2 Å². The first-order chi connectivity index (χ1) is 9.25. The minimum atomic E-state index is -0.324. The van der Waals surface area contributed by atoms with Crippen LogP contribution in [0.1, 0.15) is 19.8 Å². The number of hydrogen-bond donors (Lipinski definition) is 1. The number of hydrogen-bond acceptors (Lipinski definition) is 6. The second-order valence-electron chi connectivity index (χ2n) is 4.64. The maximum Gasteiger partial charge on any atom is 0.244 e. The van der Waals surface area contributed by atoms with Gasteiger partial charge in [0, 0.05) is 13.1 Å². The molecule has 1 amide bonds. The van der Waals surface area contributed by atoms with Gasteiger partial charge in [-0.25, -0.2) is 0 Å². The van der Waals surface area contributed by atoms with Crippen molar-refractivity contribution in [2.75, 3.05) is 18.4 Å². The van der Waals surface area contributed by atoms with Gasteiger partial charge in [0.15, 0.2) is 11.5 Å². The Labute approximate surface area is 109 Å². The summed E-state index contributed by atoms with van der Waals surface area (Å²) in [4.78, 5) is 18.1. The van der Waals surface area contributed by atoms with E-state index in [1.165, 1.54) is 4.52 Å². The van der Waals surface area contributed by atoms with Crippen LogP contribution in [0.3, 0.4) is 0 Å². The van der Waals surface area contributed by atoms with Crippen LogP contribution >= 0.6 is 0 Å². The molecule has 3 rings (SSSR count). The number of carbonyl (C=O) groups is 1. The number of tetrazole rings is 1. The van der Waals surface area contributed by atoms with Crippen molar-refractivity contribution in [3.63, 3.8) is 0 Å². The third kappa shape index (κ3) is 2.20. The van der Waals surface area contributed by atoms with Gasteiger partial charge in [-0.1, -0.05) is 0 Å². The topological polar surface area (TPSA) is 88.3 Å². The fraction of sp³-hybridized carbons (Fsp3) is 0.545. The summed E-state index contributed by atoms with van der Waals surface area (Å²) < 4.78 is 1.53. The van der Waals surface area contributed by atoms with Crippen LogP contribution in [0, 0.1) is 0 Å². The van der Waals surface area contributed by atoms with Crippen LogP contribution in [0.2, 0.25) is 0 Å². The molecule has 100 valence electrons. The maximum atomic E-state index is 12.2. The average molecular weight is 261 g/mol. The fourth-order valence-corrected chi connectivity index (χ4v) is 2.27. The number of rotatable bonds is 3. The first-order valence-electron chi connectivity index (χ1n) is 6.33. The maximum absolute atomic E-state index is 12.2. The summed E-state index contributed by atoms with van der Waals surface area (Å²) in [6.07, 6.45) is 5.35. The Morgan fingerprint density at radius 3 is 2.95 bits per heavy atom. The predicted molar refractivity (Wildman–Crippen MR) is 67.5 cm³/mol. The summed E-state index contributed by atoms with van der Waals surface area (Å²) in [6, 6.07) is -0.324. The lowest BCUT2D eigenvalue weighted by atomic mass is 10.3. The van der Waals surface area contributed by atoms with Crippen LogP contribution in [0.15, 0.2) is 12.4 Å². The first kappa shape index (κ1) is 11.8. The number of anilines is 1. The molecule has 1 unspecified atom stereocenters. The molecule has 0 saturated carbocycles. The summed E-state index contributed by atoms with van der Waals surface area (Å²) in [5.74, 6) is 0.713. The second kappa shape index (κ2) is 4.79. The van der Waals surface area contributed by atoms with E-state index < -0.39 is 0 Å². The Balaban J connectivity index is 1.76. The number of nitrogens with one attached hydrogen (secondary N) is 1. The summed E-state index contributed by atoms with van der Waals surface area (Å²) in [5, 5.41) is 14.4. The van der Waals surface area contributed by atoms with Crippen molar-refractivity contribution < 1.29 is 4.79 Å². The molecule has 1 aliphatic rings. The number of carbonyl (C=O) groups excluding carboxylic acids is 1. The number of nitrogens with zero attached hydrogens (tertiary/aromatic N) is 6. The molecule has 1 fully saturated rings. The standard InChI is InChI=1S/C11H15N7O/c1-8(11(19)17-4-2-3-5-17)13-9-6-12-7-10-14-15-16-18(9)10/h6-8,13H,2-5H2,1H3. The van der Waals surface area contributed by atoms with E-state index in [0.717, 1.165) is 25.9 Å². The smallest absolute Gasteiger partial charge is 0.244 e. The van der Waals surface area contributed by atoms with Gasteiger partial charge in [0.1, 0.15) is 6.04 Å². The highest BCUT2D eigenvalue weighted by Gasteiger charge is 2.23. The predicted octanol–water partition coefficient (Wildman–Crippen LogP) is -0.0579. The van der Waals surface area contributed by atoms with Gasteiger partial charge >= 0.3 is 0 Å². The normalized spacial score (nSPS) is 16.8. The Hall–Kier alpha value is -2.25. The van der Waals surface area contributed by atoms with Crippen LogP contribution in [0.25, 0.3) is 5.65 Å². The van der Waals surface area contributed by atoms with Crippen LogP contribution in [0.5, 0.6) is 0 Å². The number of likely N-dealkylation sites (tertiary alicyclic amines) is 1. The highest BCUT2D eigenvalue weighted by Crippen LogP contribution is 2.12.